The molecule has 6 nitrogen and oxygen atoms in total. The summed E-state index contributed by atoms with van der Waals surface area (Å²) in [4.78, 5) is 27.6. The average Bonchev–Trinajstić information content (AvgIpc) is 3.05. The summed E-state index contributed by atoms with van der Waals surface area (Å²) < 4.78 is 8.30. The Balaban J connectivity index is 1.70. The lowest BCUT2D eigenvalue weighted by atomic mass is 9.79. The first-order valence-electron chi connectivity index (χ1n) is 11.5. The fourth-order valence-electron chi connectivity index (χ4n) is 4.36. The molecule has 32 heavy (non-hydrogen) atoms. The molecule has 0 spiro atoms. The van der Waals surface area contributed by atoms with Gasteiger partial charge in [-0.25, -0.2) is 0 Å². The van der Waals surface area contributed by atoms with Crippen molar-refractivity contribution in [3.05, 3.63) is 53.3 Å². The molecule has 1 aromatic heterocycles. The number of Topliss-reactive ketones (excluding diaryl/α,β-unsaturated/α-hetero) is 1. The summed E-state index contributed by atoms with van der Waals surface area (Å²) in [6, 6.07) is 12.0. The van der Waals surface area contributed by atoms with Gasteiger partial charge in [-0.05, 0) is 45.0 Å². The Kier molecular flexibility index (Phi) is 7.10. The number of likely N-dealkylation sites (tertiary alicyclic amines) is 1. The van der Waals surface area contributed by atoms with Crippen molar-refractivity contribution in [2.24, 2.45) is 5.41 Å². The largest absolute Gasteiger partial charge is 0.398 e. The van der Waals surface area contributed by atoms with E-state index in [-0.39, 0.29) is 29.6 Å². The van der Waals surface area contributed by atoms with Crippen molar-refractivity contribution < 1.29 is 14.0 Å². The van der Waals surface area contributed by atoms with Crippen LogP contribution < -0.4 is 0 Å². The Morgan fingerprint density at radius 1 is 1.19 bits per heavy atom. The van der Waals surface area contributed by atoms with Crippen LogP contribution in [-0.4, -0.2) is 47.2 Å². The van der Waals surface area contributed by atoms with E-state index in [1.165, 1.54) is 5.56 Å². The molecule has 1 aromatic carbocycles. The summed E-state index contributed by atoms with van der Waals surface area (Å²) in [5.74, 6) is 0.0339. The standard InChI is InChI=1S/C25H37N3O3Si/c1-18-15-21(26-27(18)14-13-19-11-9-8-10-12-19)22(29)16-20-17-23(30)28(20)25(5,24(2,3)4)31-32(6)7/h8-12,15,20,32H,13-14,16-17H2,1-7H3/t20-,25-/m1/s1. The van der Waals surface area contributed by atoms with Crippen LogP contribution in [-0.2, 0) is 22.2 Å². The predicted molar refractivity (Wildman–Crippen MR) is 129 cm³/mol. The Morgan fingerprint density at radius 3 is 2.41 bits per heavy atom. The number of aryl methyl sites for hydroxylation is 3. The lowest BCUT2D eigenvalue weighted by Crippen LogP contribution is -2.69. The van der Waals surface area contributed by atoms with Gasteiger partial charge in [-0.3, -0.25) is 14.3 Å². The summed E-state index contributed by atoms with van der Waals surface area (Å²) >= 11 is 0. The van der Waals surface area contributed by atoms with Crippen LogP contribution in [0.25, 0.3) is 0 Å². The first-order chi connectivity index (χ1) is 14.9. The fourth-order valence-corrected chi connectivity index (χ4v) is 5.74. The number of β-lactam (4-membered cyclic amide) rings is 1. The number of hydrogen-bond donors (Lipinski definition) is 0. The van der Waals surface area contributed by atoms with Crippen LogP contribution in [0.3, 0.4) is 0 Å². The van der Waals surface area contributed by atoms with Crippen molar-refractivity contribution >= 4 is 20.7 Å². The molecule has 3 rings (SSSR count). The molecule has 0 bridgehead atoms. The predicted octanol–water partition coefficient (Wildman–Crippen LogP) is 4.37. The third-order valence-electron chi connectivity index (χ3n) is 6.50. The Hall–Kier alpha value is -2.25. The third-order valence-corrected chi connectivity index (χ3v) is 7.43. The lowest BCUT2D eigenvalue weighted by molar-refractivity contribution is -0.204. The molecule has 0 radical (unpaired) electrons. The van der Waals surface area contributed by atoms with Crippen molar-refractivity contribution in [3.63, 3.8) is 0 Å². The molecule has 0 N–H and O–H groups in total. The molecule has 2 aromatic rings. The number of carbonyl (C=O) groups excluding carboxylic acids is 2. The van der Waals surface area contributed by atoms with Gasteiger partial charge < -0.3 is 9.33 Å². The van der Waals surface area contributed by atoms with Gasteiger partial charge in [0.15, 0.2) is 14.8 Å². The summed E-state index contributed by atoms with van der Waals surface area (Å²) in [6.45, 7) is 15.2. The second-order valence-corrected chi connectivity index (χ2v) is 12.6. The van der Waals surface area contributed by atoms with Crippen LogP contribution in [0.5, 0.6) is 0 Å². The number of hydrogen-bond acceptors (Lipinski definition) is 4. The molecule has 2 heterocycles. The molecule has 0 unspecified atom stereocenters. The van der Waals surface area contributed by atoms with Gasteiger partial charge in [0.1, 0.15) is 11.4 Å². The Labute approximate surface area is 193 Å². The molecule has 2 atom stereocenters. The highest BCUT2D eigenvalue weighted by molar-refractivity contribution is 6.48. The molecule has 1 aliphatic heterocycles. The van der Waals surface area contributed by atoms with Gasteiger partial charge in [-0.2, -0.15) is 5.10 Å². The van der Waals surface area contributed by atoms with Gasteiger partial charge in [-0.1, -0.05) is 51.1 Å². The van der Waals surface area contributed by atoms with Crippen molar-refractivity contribution in [2.75, 3.05) is 0 Å². The summed E-state index contributed by atoms with van der Waals surface area (Å²) in [5.41, 5.74) is 1.70. The summed E-state index contributed by atoms with van der Waals surface area (Å²) in [6.07, 6.45) is 1.52. The molecular weight excluding hydrogens is 418 g/mol. The van der Waals surface area contributed by atoms with Crippen LogP contribution >= 0.6 is 0 Å². The van der Waals surface area contributed by atoms with Gasteiger partial charge in [-0.15, -0.1) is 0 Å². The highest BCUT2D eigenvalue weighted by atomic mass is 28.3. The Bertz CT molecular complexity index is 965. The number of carbonyl (C=O) groups is 2. The van der Waals surface area contributed by atoms with Crippen LogP contribution in [0, 0.1) is 12.3 Å². The van der Waals surface area contributed by atoms with E-state index in [1.807, 2.05) is 47.7 Å². The maximum absolute atomic E-state index is 13.1. The molecule has 174 valence electrons. The van der Waals surface area contributed by atoms with E-state index in [1.54, 1.807) is 0 Å². The lowest BCUT2D eigenvalue weighted by Gasteiger charge is -2.57. The first kappa shape index (κ1) is 24.4. The normalized spacial score (nSPS) is 18.6. The van der Waals surface area contributed by atoms with E-state index < -0.39 is 14.8 Å². The molecule has 1 saturated heterocycles. The number of rotatable bonds is 9. The van der Waals surface area contributed by atoms with E-state index in [0.29, 0.717) is 12.1 Å². The number of ketones is 1. The number of benzene rings is 1. The summed E-state index contributed by atoms with van der Waals surface area (Å²) in [5, 5.41) is 4.58. The minimum Gasteiger partial charge on any atom is -0.398 e. The molecular formula is C25H37N3O3Si. The van der Waals surface area contributed by atoms with Gasteiger partial charge in [0.2, 0.25) is 5.91 Å². The van der Waals surface area contributed by atoms with Crippen molar-refractivity contribution in [1.82, 2.24) is 14.7 Å². The van der Waals surface area contributed by atoms with E-state index in [4.69, 9.17) is 4.43 Å². The van der Waals surface area contributed by atoms with Crippen molar-refractivity contribution in [2.45, 2.75) is 85.3 Å². The monoisotopic (exact) mass is 455 g/mol. The topological polar surface area (TPSA) is 64.4 Å². The van der Waals surface area contributed by atoms with E-state index in [9.17, 15) is 9.59 Å². The first-order valence-corrected chi connectivity index (χ1v) is 14.3. The summed E-state index contributed by atoms with van der Waals surface area (Å²) in [7, 11) is -1.41. The maximum atomic E-state index is 13.1. The van der Waals surface area contributed by atoms with Gasteiger partial charge >= 0.3 is 0 Å². The second-order valence-electron chi connectivity index (χ2n) is 10.3. The average molecular weight is 456 g/mol. The zero-order valence-corrected chi connectivity index (χ0v) is 21.7. The van der Waals surface area contributed by atoms with Crippen molar-refractivity contribution in [1.29, 1.82) is 0 Å². The van der Waals surface area contributed by atoms with Crippen LogP contribution in [0.1, 0.15) is 62.3 Å². The van der Waals surface area contributed by atoms with Gasteiger partial charge in [0.05, 0.1) is 6.04 Å². The number of nitrogens with zero attached hydrogens (tertiary/aromatic N) is 3. The minimum absolute atomic E-state index is 0.0212. The molecule has 0 aliphatic carbocycles. The molecule has 1 amide bonds. The van der Waals surface area contributed by atoms with Crippen LogP contribution in [0.2, 0.25) is 13.1 Å². The zero-order chi connectivity index (χ0) is 23.7. The van der Waals surface area contributed by atoms with Crippen LogP contribution in [0.4, 0.5) is 0 Å². The van der Waals surface area contributed by atoms with E-state index >= 15 is 0 Å². The zero-order valence-electron chi connectivity index (χ0n) is 20.5. The van der Waals surface area contributed by atoms with E-state index in [2.05, 4.69) is 51.1 Å². The minimum atomic E-state index is -1.41. The van der Waals surface area contributed by atoms with Crippen molar-refractivity contribution in [3.8, 4) is 0 Å². The Morgan fingerprint density at radius 2 is 1.84 bits per heavy atom. The molecule has 1 fully saturated rings. The molecule has 7 heteroatoms. The van der Waals surface area contributed by atoms with Crippen LogP contribution in [0.15, 0.2) is 36.4 Å². The molecule has 0 saturated carbocycles. The quantitative estimate of drug-likeness (QED) is 0.320. The number of aromatic nitrogens is 2. The SMILES string of the molecule is Cc1cc(C(=O)C[C@@H]2CC(=O)N2[C@](C)(O[SiH](C)C)C(C)(C)C)nn1CCc1ccccc1. The third kappa shape index (κ3) is 5.04. The van der Waals surface area contributed by atoms with Gasteiger partial charge in [0.25, 0.3) is 0 Å². The van der Waals surface area contributed by atoms with Gasteiger partial charge in [0, 0.05) is 30.5 Å². The fraction of sp³-hybridized carbons (Fsp3) is 0.560. The molecule has 1 aliphatic rings. The highest BCUT2D eigenvalue weighted by Gasteiger charge is 2.54. The maximum Gasteiger partial charge on any atom is 0.227 e. The smallest absolute Gasteiger partial charge is 0.227 e. The van der Waals surface area contributed by atoms with E-state index in [0.717, 1.165) is 18.7 Å². The number of amides is 1. The second kappa shape index (κ2) is 9.31. The highest BCUT2D eigenvalue weighted by Crippen LogP contribution is 2.43.